The van der Waals surface area contributed by atoms with E-state index in [4.69, 9.17) is 40.0 Å². The van der Waals surface area contributed by atoms with Crippen LogP contribution in [0.5, 0.6) is 34.5 Å². The number of alkyl halides is 1. The molecule has 107 heavy (non-hydrogen) atoms. The molecule has 9 aromatic carbocycles. The summed E-state index contributed by atoms with van der Waals surface area (Å²) in [5, 5.41) is 39.4. The van der Waals surface area contributed by atoms with Crippen molar-refractivity contribution in [2.24, 2.45) is 0 Å². The highest BCUT2D eigenvalue weighted by atomic mass is 79.9. The summed E-state index contributed by atoms with van der Waals surface area (Å²) in [6.07, 6.45) is 7.94. The molecule has 3 aromatic heterocycles. The Morgan fingerprint density at radius 1 is 0.421 bits per heavy atom. The van der Waals surface area contributed by atoms with Crippen molar-refractivity contribution in [1.82, 2.24) is 29.3 Å². The third-order valence-electron chi connectivity index (χ3n) is 16.9. The second-order valence-corrected chi connectivity index (χ2v) is 26.8. The highest BCUT2D eigenvalue weighted by Gasteiger charge is 2.26. The van der Waals surface area contributed by atoms with Gasteiger partial charge in [0.2, 0.25) is 0 Å². The van der Waals surface area contributed by atoms with E-state index < -0.39 is 18.2 Å². The summed E-state index contributed by atoms with van der Waals surface area (Å²) in [5.74, 6) is 4.29. The zero-order chi connectivity index (χ0) is 77.5. The average molecular weight is 1670 g/mol. The summed E-state index contributed by atoms with van der Waals surface area (Å²) in [7, 11) is 9.60. The molecule has 0 aliphatic heterocycles. The number of aldehydes is 2. The fraction of sp³-hybridized carbons (Fsp3) is 0.217. The zero-order valence-corrected chi connectivity index (χ0v) is 65.5. The van der Waals surface area contributed by atoms with Gasteiger partial charge in [-0.15, -0.1) is 31.3 Å². The Balaban J connectivity index is 0.000000184. The van der Waals surface area contributed by atoms with Gasteiger partial charge in [0.1, 0.15) is 40.8 Å². The molecule has 0 bridgehead atoms. The molecule has 0 fully saturated rings. The van der Waals surface area contributed by atoms with E-state index in [1.54, 1.807) is 88.4 Å². The van der Waals surface area contributed by atoms with Gasteiger partial charge < -0.3 is 48.5 Å². The molecule has 0 radical (unpaired) electrons. The van der Waals surface area contributed by atoms with Gasteiger partial charge >= 0.3 is 0 Å². The molecular formula is C83H86Br3ClN6O14. The maximum absolute atomic E-state index is 12.3. The Hall–Kier alpha value is -10.2. The van der Waals surface area contributed by atoms with E-state index in [2.05, 4.69) is 82.8 Å². The number of methoxy groups -OCH3 is 6. The average Bonchev–Trinajstić information content (AvgIpc) is 1.66. The van der Waals surface area contributed by atoms with Crippen molar-refractivity contribution in [2.75, 3.05) is 49.3 Å². The second kappa shape index (κ2) is 42.8. The molecule has 0 aliphatic carbocycles. The van der Waals surface area contributed by atoms with E-state index >= 15 is 0 Å². The number of carbonyl (C=O) groups is 2. The number of para-hydroxylation sites is 6. The van der Waals surface area contributed by atoms with Crippen LogP contribution in [0.4, 0.5) is 0 Å². The van der Waals surface area contributed by atoms with Crippen molar-refractivity contribution in [3.05, 3.63) is 316 Å². The minimum Gasteiger partial charge on any atom is -0.496 e. The van der Waals surface area contributed by atoms with Gasteiger partial charge in [0, 0.05) is 54.1 Å². The third kappa shape index (κ3) is 22.2. The van der Waals surface area contributed by atoms with E-state index in [1.807, 2.05) is 187 Å². The molecule has 12 rings (SSSR count). The first kappa shape index (κ1) is 84.0. The number of hydrogen-bond donors (Lipinski definition) is 6. The van der Waals surface area contributed by atoms with Gasteiger partial charge in [0.25, 0.3) is 16.7 Å². The van der Waals surface area contributed by atoms with Gasteiger partial charge in [0.05, 0.1) is 123 Å². The number of nitrogens with zero attached hydrogens (tertiary/aromatic N) is 3. The van der Waals surface area contributed by atoms with Crippen LogP contribution in [0.25, 0.3) is 32.7 Å². The van der Waals surface area contributed by atoms with Gasteiger partial charge in [-0.3, -0.25) is 48.5 Å². The topological polar surface area (TPSA) is 264 Å². The Morgan fingerprint density at radius 2 is 0.738 bits per heavy atom. The lowest BCUT2D eigenvalue weighted by Gasteiger charge is -2.24. The molecule has 0 aliphatic rings. The molecule has 24 heteroatoms. The third-order valence-corrected chi connectivity index (χ3v) is 18.8. The van der Waals surface area contributed by atoms with Gasteiger partial charge in [-0.25, -0.2) is 0 Å². The normalized spacial score (nSPS) is 12.3. The molecule has 560 valence electrons. The quantitative estimate of drug-likeness (QED) is 0.0167. The number of fused-ring (bicyclic) bond motifs is 3. The predicted molar refractivity (Wildman–Crippen MR) is 435 cm³/mol. The first-order valence-electron chi connectivity index (χ1n) is 33.6. The number of aliphatic hydroxyl groups excluding tert-OH is 3. The maximum Gasteiger partial charge on any atom is 0.271 e. The van der Waals surface area contributed by atoms with Crippen molar-refractivity contribution in [3.63, 3.8) is 0 Å². The summed E-state index contributed by atoms with van der Waals surface area (Å²) in [6, 6.07) is 60.7. The van der Waals surface area contributed by atoms with Gasteiger partial charge in [0.15, 0.2) is 6.29 Å². The van der Waals surface area contributed by atoms with Gasteiger partial charge in [-0.2, -0.15) is 0 Å². The molecule has 0 spiro atoms. The molecule has 0 saturated carbocycles. The molecule has 6 N–H and O–H groups in total. The molecule has 6 atom stereocenters. The number of benzene rings is 9. The number of hydrogen-bond acceptors (Lipinski definition) is 14. The largest absolute Gasteiger partial charge is 0.496 e. The molecule has 0 saturated heterocycles. The summed E-state index contributed by atoms with van der Waals surface area (Å²) < 4.78 is 39.5. The standard InChI is InChI=1S/C18H19BrN2O4.C18H17BrN2O2.C17H15BrN2O3.C11H13ClO.C11H14O2.C8H8O2/c1-25-17-5-3-2-4-13(17)16(9-12(23)10-22)21-15-8-11(19)6-7-14(15)18(24)20-21;1-3-6-15(13-7-4-5-8-17(13)23-2)21-16-11-12(19)9-10-14(16)18(22)20-21;1-23-16-5-3-2-4-12(16)14(8-9-21)20-15-10-11(18)6-7-13(15)17(22)19-20;2*1-3-6-10(12)9-7-4-5-8-11(9)13-2;1-10-8-5-3-2-4-7(8)6-9/h2-8,12,16,22-23H,9-10H2,1H3,(H,20,24);3-5,7-11,15H,1,6H2,2H3,(H,20,22);2-7,9-10,14H,8H2,1H3,(H,19,22);3-5,7-8,10H,1,6H2,2H3;3-5,7-8,10,12H,1,6H2,2H3;2-6H,1H3. The summed E-state index contributed by atoms with van der Waals surface area (Å²) >= 11 is 16.5. The molecule has 0 amide bonds. The Morgan fingerprint density at radius 3 is 1.09 bits per heavy atom. The van der Waals surface area contributed by atoms with Gasteiger partial charge in [-0.1, -0.05) is 169 Å². The minimum atomic E-state index is -0.928. The maximum atomic E-state index is 12.3. The van der Waals surface area contributed by atoms with Crippen LogP contribution >= 0.6 is 59.4 Å². The van der Waals surface area contributed by atoms with Crippen LogP contribution in [-0.4, -0.2) is 113 Å². The summed E-state index contributed by atoms with van der Waals surface area (Å²) in [5.41, 5.74) is 6.88. The monoisotopic (exact) mass is 1660 g/mol. The minimum absolute atomic E-state index is 0.0475. The number of aromatic nitrogens is 6. The van der Waals surface area contributed by atoms with Crippen LogP contribution in [-0.2, 0) is 4.79 Å². The van der Waals surface area contributed by atoms with Crippen molar-refractivity contribution in [3.8, 4) is 34.5 Å². The zero-order valence-electron chi connectivity index (χ0n) is 60.0. The number of allylic oxidation sites excluding steroid dienone is 2. The molecule has 3 heterocycles. The predicted octanol–water partition coefficient (Wildman–Crippen LogP) is 17.3. The van der Waals surface area contributed by atoms with Crippen LogP contribution in [0.3, 0.4) is 0 Å². The first-order chi connectivity index (χ1) is 51.8. The van der Waals surface area contributed by atoms with E-state index in [1.165, 1.54) is 0 Å². The lowest BCUT2D eigenvalue weighted by Crippen LogP contribution is -2.23. The highest BCUT2D eigenvalue weighted by molar-refractivity contribution is 9.11. The molecular weight excluding hydrogens is 1580 g/mol. The van der Waals surface area contributed by atoms with Crippen LogP contribution in [0.2, 0.25) is 0 Å². The van der Waals surface area contributed by atoms with Crippen molar-refractivity contribution < 1.29 is 53.3 Å². The lowest BCUT2D eigenvalue weighted by molar-refractivity contribution is -0.108. The smallest absolute Gasteiger partial charge is 0.271 e. The molecule has 12 aromatic rings. The summed E-state index contributed by atoms with van der Waals surface area (Å²) in [4.78, 5) is 58.3. The first-order valence-corrected chi connectivity index (χ1v) is 36.4. The van der Waals surface area contributed by atoms with Crippen LogP contribution < -0.4 is 45.1 Å². The molecule has 20 nitrogen and oxygen atoms in total. The number of carbonyl (C=O) groups excluding carboxylic acids is 2. The number of aromatic amines is 3. The fourth-order valence-electron chi connectivity index (χ4n) is 11.8. The van der Waals surface area contributed by atoms with E-state index in [9.17, 15) is 39.3 Å². The Labute approximate surface area is 650 Å². The van der Waals surface area contributed by atoms with Crippen molar-refractivity contribution in [1.29, 1.82) is 0 Å². The van der Waals surface area contributed by atoms with E-state index in [-0.39, 0.29) is 53.6 Å². The Bertz CT molecular complexity index is 4870. The fourth-order valence-corrected chi connectivity index (χ4v) is 13.2. The van der Waals surface area contributed by atoms with E-state index in [0.717, 1.165) is 88.5 Å². The number of nitrogens with one attached hydrogen (secondary N) is 3. The lowest BCUT2D eigenvalue weighted by atomic mass is 9.99. The summed E-state index contributed by atoms with van der Waals surface area (Å²) in [6.45, 7) is 10.7. The van der Waals surface area contributed by atoms with Crippen molar-refractivity contribution in [2.45, 2.75) is 67.8 Å². The number of H-pyrrole nitrogens is 3. The van der Waals surface area contributed by atoms with Crippen LogP contribution in [0, 0.1) is 0 Å². The number of rotatable bonds is 26. The van der Waals surface area contributed by atoms with E-state index in [0.29, 0.717) is 57.3 Å². The second-order valence-electron chi connectivity index (χ2n) is 23.6. The molecule has 6 unspecified atom stereocenters. The number of aliphatic hydroxyl groups is 3. The van der Waals surface area contributed by atoms with Gasteiger partial charge in [-0.05, 0) is 116 Å². The van der Waals surface area contributed by atoms with Crippen molar-refractivity contribution >= 4 is 105 Å². The number of ether oxygens (including phenoxy) is 6. The highest BCUT2D eigenvalue weighted by Crippen LogP contribution is 2.37. The number of halogens is 4. The Kier molecular flexibility index (Phi) is 33.6. The SMILES string of the molecule is C=CCC(Cl)c1ccccc1OC.C=CCC(O)c1ccccc1OC.C=CCC(c1ccccc1OC)n1[nH]c(=O)c2ccc(Br)cc21.COc1ccccc1C(CC(O)CO)n1[nH]c(=O)c2ccc(Br)cc21.COc1ccccc1C(CC=O)n1[nH]c(=O)c2ccc(Br)cc21.COc1ccccc1C=O. The van der Waals surface area contributed by atoms with Crippen LogP contribution in [0.1, 0.15) is 99.9 Å². The van der Waals surface area contributed by atoms with Crippen LogP contribution in [0.15, 0.2) is 266 Å².